The summed E-state index contributed by atoms with van der Waals surface area (Å²) in [6.07, 6.45) is 0. The van der Waals surface area contributed by atoms with Crippen LogP contribution in [0, 0.1) is 13.8 Å². The minimum Gasteiger partial charge on any atom is -0.378 e. The van der Waals surface area contributed by atoms with Crippen molar-refractivity contribution in [1.29, 1.82) is 0 Å². The first-order chi connectivity index (χ1) is 9.25. The number of benzene rings is 1. The summed E-state index contributed by atoms with van der Waals surface area (Å²) in [5.74, 6) is 0. The number of rotatable bonds is 2. The molecule has 3 nitrogen and oxygen atoms in total. The van der Waals surface area contributed by atoms with Gasteiger partial charge >= 0.3 is 0 Å². The van der Waals surface area contributed by atoms with Gasteiger partial charge in [0.25, 0.3) is 0 Å². The molecule has 0 unspecified atom stereocenters. The van der Waals surface area contributed by atoms with E-state index in [4.69, 9.17) is 4.74 Å². The third-order valence-corrected chi connectivity index (χ3v) is 3.74. The van der Waals surface area contributed by atoms with Gasteiger partial charge in [-0.15, -0.1) is 0 Å². The Kier molecular flexibility index (Phi) is 3.30. The van der Waals surface area contributed by atoms with E-state index in [1.165, 1.54) is 22.8 Å². The Hall–Kier alpha value is -1.74. The topological polar surface area (TPSA) is 17.4 Å². The highest BCUT2D eigenvalue weighted by atomic mass is 16.5. The number of nitrogens with zero attached hydrogens (tertiary/aromatic N) is 2. The molecule has 1 aromatic carbocycles. The van der Waals surface area contributed by atoms with Crippen molar-refractivity contribution < 1.29 is 4.74 Å². The molecule has 0 spiro atoms. The molecular formula is C16H20N2O. The van der Waals surface area contributed by atoms with Crippen molar-refractivity contribution in [3.63, 3.8) is 0 Å². The van der Waals surface area contributed by atoms with Gasteiger partial charge in [-0.05, 0) is 44.2 Å². The third kappa shape index (κ3) is 2.38. The van der Waals surface area contributed by atoms with Gasteiger partial charge in [0.1, 0.15) is 0 Å². The Morgan fingerprint density at radius 1 is 0.895 bits per heavy atom. The fourth-order valence-electron chi connectivity index (χ4n) is 2.73. The molecule has 3 heteroatoms. The van der Waals surface area contributed by atoms with Crippen LogP contribution in [0.2, 0.25) is 0 Å². The zero-order chi connectivity index (χ0) is 13.2. The molecular weight excluding hydrogens is 236 g/mol. The summed E-state index contributed by atoms with van der Waals surface area (Å²) in [7, 11) is 0. The van der Waals surface area contributed by atoms with Gasteiger partial charge < -0.3 is 14.2 Å². The molecule has 2 heterocycles. The fourth-order valence-corrected chi connectivity index (χ4v) is 2.73. The summed E-state index contributed by atoms with van der Waals surface area (Å²) in [4.78, 5) is 2.39. The molecule has 2 aromatic rings. The zero-order valence-electron chi connectivity index (χ0n) is 11.6. The second-order valence-corrected chi connectivity index (χ2v) is 5.07. The quantitative estimate of drug-likeness (QED) is 0.822. The van der Waals surface area contributed by atoms with Crippen molar-refractivity contribution in [3.8, 4) is 5.69 Å². The molecule has 1 saturated heterocycles. The number of aryl methyl sites for hydroxylation is 2. The number of ether oxygens (including phenoxy) is 1. The predicted octanol–water partition coefficient (Wildman–Crippen LogP) is 2.93. The van der Waals surface area contributed by atoms with Crippen LogP contribution < -0.4 is 4.90 Å². The summed E-state index contributed by atoms with van der Waals surface area (Å²) in [6, 6.07) is 13.1. The lowest BCUT2D eigenvalue weighted by Crippen LogP contribution is -2.36. The highest BCUT2D eigenvalue weighted by Crippen LogP contribution is 2.22. The van der Waals surface area contributed by atoms with Crippen LogP contribution in [0.15, 0.2) is 36.4 Å². The minimum atomic E-state index is 0.825. The molecule has 3 rings (SSSR count). The number of aromatic nitrogens is 1. The van der Waals surface area contributed by atoms with E-state index in [2.05, 4.69) is 59.7 Å². The maximum absolute atomic E-state index is 5.42. The first-order valence-electron chi connectivity index (χ1n) is 6.84. The smallest absolute Gasteiger partial charge is 0.0642 e. The Labute approximate surface area is 114 Å². The lowest BCUT2D eigenvalue weighted by Gasteiger charge is -2.29. The Morgan fingerprint density at radius 2 is 1.53 bits per heavy atom. The van der Waals surface area contributed by atoms with Gasteiger partial charge in [-0.3, -0.25) is 0 Å². The molecule has 1 aliphatic heterocycles. The molecule has 0 aliphatic carbocycles. The monoisotopic (exact) mass is 256 g/mol. The molecule has 0 saturated carbocycles. The largest absolute Gasteiger partial charge is 0.378 e. The van der Waals surface area contributed by atoms with Gasteiger partial charge in [-0.2, -0.15) is 0 Å². The average Bonchev–Trinajstić information content (AvgIpc) is 2.79. The Morgan fingerprint density at radius 3 is 2.21 bits per heavy atom. The molecule has 0 radical (unpaired) electrons. The second-order valence-electron chi connectivity index (χ2n) is 5.07. The van der Waals surface area contributed by atoms with Crippen LogP contribution in [0.5, 0.6) is 0 Å². The number of morpholine rings is 1. The second kappa shape index (κ2) is 5.10. The molecule has 0 N–H and O–H groups in total. The van der Waals surface area contributed by atoms with E-state index in [1.54, 1.807) is 0 Å². The lowest BCUT2D eigenvalue weighted by atomic mass is 10.2. The van der Waals surface area contributed by atoms with E-state index in [0.717, 1.165) is 26.3 Å². The number of hydrogen-bond donors (Lipinski definition) is 0. The van der Waals surface area contributed by atoms with Crippen LogP contribution in [0.1, 0.15) is 11.4 Å². The SMILES string of the molecule is Cc1ccc(C)n1-c1cccc(N2CCOCC2)c1. The number of anilines is 1. The number of hydrogen-bond acceptors (Lipinski definition) is 2. The maximum Gasteiger partial charge on any atom is 0.0642 e. The molecule has 1 aromatic heterocycles. The predicted molar refractivity (Wildman–Crippen MR) is 78.3 cm³/mol. The molecule has 0 bridgehead atoms. The summed E-state index contributed by atoms with van der Waals surface area (Å²) in [6.45, 7) is 7.90. The van der Waals surface area contributed by atoms with Crippen LogP contribution >= 0.6 is 0 Å². The minimum absolute atomic E-state index is 0.825. The van der Waals surface area contributed by atoms with Crippen LogP contribution in [0.25, 0.3) is 5.69 Å². The van der Waals surface area contributed by atoms with E-state index < -0.39 is 0 Å². The fraction of sp³-hybridized carbons (Fsp3) is 0.375. The van der Waals surface area contributed by atoms with E-state index in [1.807, 2.05) is 0 Å². The summed E-state index contributed by atoms with van der Waals surface area (Å²) < 4.78 is 7.71. The molecule has 1 aliphatic rings. The standard InChI is InChI=1S/C16H20N2O/c1-13-6-7-14(2)18(13)16-5-3-4-15(12-16)17-8-10-19-11-9-17/h3-7,12H,8-11H2,1-2H3. The van der Waals surface area contributed by atoms with Gasteiger partial charge in [0.2, 0.25) is 0 Å². The van der Waals surface area contributed by atoms with Gasteiger partial charge in [-0.25, -0.2) is 0 Å². The molecule has 1 fully saturated rings. The van der Waals surface area contributed by atoms with Crippen molar-refractivity contribution in [1.82, 2.24) is 4.57 Å². The third-order valence-electron chi connectivity index (χ3n) is 3.74. The van der Waals surface area contributed by atoms with Crippen molar-refractivity contribution in [2.45, 2.75) is 13.8 Å². The van der Waals surface area contributed by atoms with Gasteiger partial charge in [0.05, 0.1) is 13.2 Å². The van der Waals surface area contributed by atoms with E-state index in [9.17, 15) is 0 Å². The van der Waals surface area contributed by atoms with Crippen molar-refractivity contribution in [2.24, 2.45) is 0 Å². The van der Waals surface area contributed by atoms with Crippen molar-refractivity contribution in [2.75, 3.05) is 31.2 Å². The lowest BCUT2D eigenvalue weighted by molar-refractivity contribution is 0.122. The molecule has 0 amide bonds. The average molecular weight is 256 g/mol. The van der Waals surface area contributed by atoms with E-state index in [0.29, 0.717) is 0 Å². The van der Waals surface area contributed by atoms with Crippen LogP contribution in [0.3, 0.4) is 0 Å². The van der Waals surface area contributed by atoms with Crippen molar-refractivity contribution >= 4 is 5.69 Å². The maximum atomic E-state index is 5.42. The summed E-state index contributed by atoms with van der Waals surface area (Å²) >= 11 is 0. The summed E-state index contributed by atoms with van der Waals surface area (Å²) in [5.41, 5.74) is 5.07. The van der Waals surface area contributed by atoms with Crippen LogP contribution in [-0.4, -0.2) is 30.9 Å². The normalized spacial score (nSPS) is 15.8. The van der Waals surface area contributed by atoms with E-state index in [-0.39, 0.29) is 0 Å². The Balaban J connectivity index is 1.95. The van der Waals surface area contributed by atoms with Gasteiger partial charge in [-0.1, -0.05) is 6.07 Å². The zero-order valence-corrected chi connectivity index (χ0v) is 11.6. The molecule has 19 heavy (non-hydrogen) atoms. The summed E-state index contributed by atoms with van der Waals surface area (Å²) in [5, 5.41) is 0. The van der Waals surface area contributed by atoms with Crippen LogP contribution in [0.4, 0.5) is 5.69 Å². The molecule has 100 valence electrons. The highest BCUT2D eigenvalue weighted by Gasteiger charge is 2.12. The van der Waals surface area contributed by atoms with Gasteiger partial charge in [0, 0.05) is 35.9 Å². The van der Waals surface area contributed by atoms with Gasteiger partial charge in [0.15, 0.2) is 0 Å². The van der Waals surface area contributed by atoms with E-state index >= 15 is 0 Å². The van der Waals surface area contributed by atoms with Crippen LogP contribution in [-0.2, 0) is 4.74 Å². The highest BCUT2D eigenvalue weighted by molar-refractivity contribution is 5.54. The first kappa shape index (κ1) is 12.3. The Bertz CT molecular complexity index is 548. The first-order valence-corrected chi connectivity index (χ1v) is 6.84. The van der Waals surface area contributed by atoms with Crippen molar-refractivity contribution in [3.05, 3.63) is 47.8 Å². The molecule has 0 atom stereocenters.